The number of anilines is 1. The molecule has 0 aromatic carbocycles. The first-order valence-corrected chi connectivity index (χ1v) is 3.98. The summed E-state index contributed by atoms with van der Waals surface area (Å²) >= 11 is 0. The molecule has 5 nitrogen and oxygen atoms in total. The van der Waals surface area contributed by atoms with Crippen LogP contribution < -0.4 is 4.90 Å². The first kappa shape index (κ1) is 9.57. The maximum Gasteiger partial charge on any atom is 0.360 e. The fraction of sp³-hybridized carbons (Fsp3) is 0.500. The Hall–Kier alpha value is -1.52. The van der Waals surface area contributed by atoms with Gasteiger partial charge >= 0.3 is 5.97 Å². The van der Waals surface area contributed by atoms with Crippen LogP contribution in [0.2, 0.25) is 0 Å². The van der Waals surface area contributed by atoms with E-state index in [2.05, 4.69) is 5.16 Å². The van der Waals surface area contributed by atoms with E-state index in [0.717, 1.165) is 0 Å². The summed E-state index contributed by atoms with van der Waals surface area (Å²) in [6.45, 7) is 4.33. The lowest BCUT2D eigenvalue weighted by atomic mass is 10.3. The van der Waals surface area contributed by atoms with Crippen molar-refractivity contribution in [2.75, 3.05) is 18.5 Å². The van der Waals surface area contributed by atoms with Gasteiger partial charge < -0.3 is 14.5 Å². The summed E-state index contributed by atoms with van der Waals surface area (Å²) in [5.41, 5.74) is 0.525. The second-order valence-electron chi connectivity index (χ2n) is 2.76. The average Bonchev–Trinajstić information content (AvgIpc) is 2.46. The van der Waals surface area contributed by atoms with Gasteiger partial charge in [-0.1, -0.05) is 5.16 Å². The van der Waals surface area contributed by atoms with E-state index in [1.807, 2.05) is 6.92 Å². The first-order chi connectivity index (χ1) is 6.07. The second kappa shape index (κ2) is 3.47. The maximum atomic E-state index is 10.7. The molecule has 1 heterocycles. The van der Waals surface area contributed by atoms with Crippen molar-refractivity contribution in [3.63, 3.8) is 0 Å². The summed E-state index contributed by atoms with van der Waals surface area (Å²) < 4.78 is 4.81. The van der Waals surface area contributed by atoms with E-state index >= 15 is 0 Å². The van der Waals surface area contributed by atoms with E-state index in [1.165, 1.54) is 0 Å². The standard InChI is InChI=1S/C8H12N2O3/c1-4-10(3)7-5(2)13-9-6(7)8(11)12/h4H2,1-3H3,(H,11,12). The van der Waals surface area contributed by atoms with Crippen LogP contribution in [-0.2, 0) is 0 Å². The maximum absolute atomic E-state index is 10.7. The number of aryl methyl sites for hydroxylation is 1. The quantitative estimate of drug-likeness (QED) is 0.762. The number of nitrogens with zero attached hydrogens (tertiary/aromatic N) is 2. The lowest BCUT2D eigenvalue weighted by Crippen LogP contribution is -2.19. The molecular formula is C8H12N2O3. The van der Waals surface area contributed by atoms with E-state index in [9.17, 15) is 4.79 Å². The molecule has 0 bridgehead atoms. The molecule has 5 heteroatoms. The molecule has 1 aromatic heterocycles. The molecule has 1 rings (SSSR count). The van der Waals surface area contributed by atoms with Crippen molar-refractivity contribution in [1.82, 2.24) is 5.16 Å². The Morgan fingerprint density at radius 2 is 2.31 bits per heavy atom. The van der Waals surface area contributed by atoms with E-state index in [0.29, 0.717) is 18.0 Å². The van der Waals surface area contributed by atoms with Crippen LogP contribution in [0, 0.1) is 6.92 Å². The SMILES string of the molecule is CCN(C)c1c(C(=O)O)noc1C. The zero-order valence-electron chi connectivity index (χ0n) is 7.87. The van der Waals surface area contributed by atoms with Crippen LogP contribution in [0.15, 0.2) is 4.52 Å². The molecule has 0 saturated heterocycles. The van der Waals surface area contributed by atoms with Crippen molar-refractivity contribution >= 4 is 11.7 Å². The van der Waals surface area contributed by atoms with Gasteiger partial charge in [0, 0.05) is 13.6 Å². The van der Waals surface area contributed by atoms with Gasteiger partial charge in [-0.3, -0.25) is 0 Å². The average molecular weight is 184 g/mol. The van der Waals surface area contributed by atoms with Crippen LogP contribution in [0.4, 0.5) is 5.69 Å². The molecule has 0 radical (unpaired) electrons. The number of hydrogen-bond donors (Lipinski definition) is 1. The van der Waals surface area contributed by atoms with Gasteiger partial charge in [0.05, 0.1) is 0 Å². The van der Waals surface area contributed by atoms with Gasteiger partial charge in [-0.15, -0.1) is 0 Å². The summed E-state index contributed by atoms with van der Waals surface area (Å²) in [6, 6.07) is 0. The van der Waals surface area contributed by atoms with Gasteiger partial charge in [0.15, 0.2) is 5.76 Å². The van der Waals surface area contributed by atoms with Gasteiger partial charge in [-0.25, -0.2) is 4.79 Å². The molecule has 0 saturated carbocycles. The molecule has 13 heavy (non-hydrogen) atoms. The number of carbonyl (C=O) groups is 1. The van der Waals surface area contributed by atoms with Crippen LogP contribution in [0.1, 0.15) is 23.2 Å². The summed E-state index contributed by atoms with van der Waals surface area (Å²) in [5, 5.41) is 12.2. The largest absolute Gasteiger partial charge is 0.476 e. The number of carboxylic acid groups (broad SMARTS) is 1. The Morgan fingerprint density at radius 1 is 1.69 bits per heavy atom. The van der Waals surface area contributed by atoms with Crippen LogP contribution in [0.25, 0.3) is 0 Å². The van der Waals surface area contributed by atoms with Crippen molar-refractivity contribution < 1.29 is 14.4 Å². The Balaban J connectivity index is 3.15. The van der Waals surface area contributed by atoms with Crippen LogP contribution >= 0.6 is 0 Å². The highest BCUT2D eigenvalue weighted by Crippen LogP contribution is 2.23. The third-order valence-corrected chi connectivity index (χ3v) is 1.89. The minimum atomic E-state index is -1.06. The number of hydrogen-bond acceptors (Lipinski definition) is 4. The molecule has 0 atom stereocenters. The van der Waals surface area contributed by atoms with E-state index in [4.69, 9.17) is 9.63 Å². The fourth-order valence-electron chi connectivity index (χ4n) is 1.12. The molecule has 0 aliphatic heterocycles. The molecule has 1 N–H and O–H groups in total. The van der Waals surface area contributed by atoms with Gasteiger partial charge in [0.25, 0.3) is 0 Å². The summed E-state index contributed by atoms with van der Waals surface area (Å²) in [4.78, 5) is 12.5. The lowest BCUT2D eigenvalue weighted by Gasteiger charge is -2.14. The van der Waals surface area contributed by atoms with Crippen LogP contribution in [-0.4, -0.2) is 29.8 Å². The molecular weight excluding hydrogens is 172 g/mol. The van der Waals surface area contributed by atoms with Gasteiger partial charge in [0.2, 0.25) is 5.69 Å². The third kappa shape index (κ3) is 1.63. The van der Waals surface area contributed by atoms with Gasteiger partial charge in [0.1, 0.15) is 5.69 Å². The lowest BCUT2D eigenvalue weighted by molar-refractivity contribution is 0.0686. The smallest absolute Gasteiger partial charge is 0.360 e. The van der Waals surface area contributed by atoms with Gasteiger partial charge in [-0.05, 0) is 13.8 Å². The Kier molecular flexibility index (Phi) is 2.55. The fourth-order valence-corrected chi connectivity index (χ4v) is 1.12. The normalized spacial score (nSPS) is 10.1. The minimum absolute atomic E-state index is 0.0261. The van der Waals surface area contributed by atoms with E-state index in [1.54, 1.807) is 18.9 Å². The second-order valence-corrected chi connectivity index (χ2v) is 2.76. The highest BCUT2D eigenvalue weighted by atomic mass is 16.5. The third-order valence-electron chi connectivity index (χ3n) is 1.89. The summed E-state index contributed by atoms with van der Waals surface area (Å²) in [7, 11) is 1.80. The predicted octanol–water partition coefficient (Wildman–Crippen LogP) is 1.14. The zero-order valence-corrected chi connectivity index (χ0v) is 7.87. The number of carboxylic acids is 1. The number of aromatic carboxylic acids is 1. The van der Waals surface area contributed by atoms with E-state index in [-0.39, 0.29) is 5.69 Å². The molecule has 0 aliphatic rings. The molecule has 0 spiro atoms. The number of rotatable bonds is 3. The van der Waals surface area contributed by atoms with Crippen molar-refractivity contribution in [3.8, 4) is 0 Å². The Labute approximate surface area is 75.9 Å². The van der Waals surface area contributed by atoms with Crippen molar-refractivity contribution in [3.05, 3.63) is 11.5 Å². The molecule has 0 amide bonds. The van der Waals surface area contributed by atoms with Gasteiger partial charge in [-0.2, -0.15) is 0 Å². The molecule has 0 unspecified atom stereocenters. The molecule has 0 fully saturated rings. The minimum Gasteiger partial charge on any atom is -0.476 e. The zero-order chi connectivity index (χ0) is 10.0. The monoisotopic (exact) mass is 184 g/mol. The first-order valence-electron chi connectivity index (χ1n) is 3.98. The van der Waals surface area contributed by atoms with Crippen molar-refractivity contribution in [2.45, 2.75) is 13.8 Å². The topological polar surface area (TPSA) is 66.6 Å². The van der Waals surface area contributed by atoms with E-state index < -0.39 is 5.97 Å². The summed E-state index contributed by atoms with van der Waals surface area (Å²) in [5.74, 6) is -0.533. The number of aromatic nitrogens is 1. The van der Waals surface area contributed by atoms with Crippen molar-refractivity contribution in [2.24, 2.45) is 0 Å². The van der Waals surface area contributed by atoms with Crippen LogP contribution in [0.3, 0.4) is 0 Å². The van der Waals surface area contributed by atoms with Crippen LogP contribution in [0.5, 0.6) is 0 Å². The highest BCUT2D eigenvalue weighted by molar-refractivity contribution is 5.92. The summed E-state index contributed by atoms with van der Waals surface area (Å²) in [6.07, 6.45) is 0. The predicted molar refractivity (Wildman–Crippen MR) is 47.1 cm³/mol. The Morgan fingerprint density at radius 3 is 2.77 bits per heavy atom. The molecule has 0 aliphatic carbocycles. The molecule has 72 valence electrons. The Bertz CT molecular complexity index is 319. The molecule has 1 aromatic rings. The van der Waals surface area contributed by atoms with Crippen molar-refractivity contribution in [1.29, 1.82) is 0 Å². The highest BCUT2D eigenvalue weighted by Gasteiger charge is 2.21.